The molecule has 0 saturated carbocycles. The fraction of sp³-hybridized carbons (Fsp3) is 0.263. The number of aryl methyl sites for hydroxylation is 1. The van der Waals surface area contributed by atoms with Gasteiger partial charge in [0, 0.05) is 57.9 Å². The lowest BCUT2D eigenvalue weighted by molar-refractivity contribution is -0.129. The first kappa shape index (κ1) is 32.8. The molecular weight excluding hydrogens is 675 g/mol. The van der Waals surface area contributed by atoms with Crippen LogP contribution in [0.2, 0.25) is 0 Å². The molecule has 51 heavy (non-hydrogen) atoms. The summed E-state index contributed by atoms with van der Waals surface area (Å²) in [5.41, 5.74) is 4.38. The first-order valence-corrected chi connectivity index (χ1v) is 17.6. The Hall–Kier alpha value is -5.40. The number of hydrogen-bond donors (Lipinski definition) is 0. The van der Waals surface area contributed by atoms with Gasteiger partial charge in [0.1, 0.15) is 47.7 Å². The van der Waals surface area contributed by atoms with Gasteiger partial charge in [-0.3, -0.25) is 14.2 Å². The summed E-state index contributed by atoms with van der Waals surface area (Å²) in [6.07, 6.45) is 6.86. The van der Waals surface area contributed by atoms with Crippen molar-refractivity contribution in [3.63, 3.8) is 0 Å². The van der Waals surface area contributed by atoms with E-state index >= 15 is 4.39 Å². The quantitative estimate of drug-likeness (QED) is 0.138. The lowest BCUT2D eigenvalue weighted by Gasteiger charge is -2.33. The van der Waals surface area contributed by atoms with Crippen LogP contribution in [0.1, 0.15) is 25.6 Å². The van der Waals surface area contributed by atoms with E-state index in [0.717, 1.165) is 33.6 Å². The van der Waals surface area contributed by atoms with Crippen molar-refractivity contribution < 1.29 is 27.8 Å². The van der Waals surface area contributed by atoms with Gasteiger partial charge in [-0.25, -0.2) is 13.8 Å². The number of halogens is 2. The summed E-state index contributed by atoms with van der Waals surface area (Å²) in [7, 11) is 0. The van der Waals surface area contributed by atoms with E-state index in [1.165, 1.54) is 23.5 Å². The van der Waals surface area contributed by atoms with Crippen molar-refractivity contribution in [3.8, 4) is 45.3 Å². The van der Waals surface area contributed by atoms with Crippen LogP contribution in [0.5, 0.6) is 11.5 Å². The second-order valence-electron chi connectivity index (χ2n) is 12.3. The third-order valence-electron chi connectivity index (χ3n) is 9.34. The van der Waals surface area contributed by atoms with E-state index in [1.807, 2.05) is 71.2 Å². The summed E-state index contributed by atoms with van der Waals surface area (Å²) < 4.78 is 53.8. The summed E-state index contributed by atoms with van der Waals surface area (Å²) in [6.45, 7) is 10.0. The number of pyridine rings is 1. The fourth-order valence-corrected chi connectivity index (χ4v) is 7.84. The van der Waals surface area contributed by atoms with Crippen LogP contribution in [0.3, 0.4) is 0 Å². The van der Waals surface area contributed by atoms with Crippen molar-refractivity contribution in [2.75, 3.05) is 33.0 Å². The molecule has 2 aromatic carbocycles. The Morgan fingerprint density at radius 1 is 1.04 bits per heavy atom. The summed E-state index contributed by atoms with van der Waals surface area (Å²) in [5.74, 6) is -1.12. The SMILES string of the molecule is C=CC(=O)N1CCn2nc(-c3nc4c5ccsc5c3-c3c(F)cc(F)cc3OCCOC/C=C/COc3cc5c(cnn5CC)cc3-4)cc2[C@@H]1C. The number of fused-ring (bicyclic) bond motifs is 6. The molecule has 260 valence electrons. The zero-order chi connectivity index (χ0) is 35.2. The third kappa shape index (κ3) is 5.75. The highest BCUT2D eigenvalue weighted by Gasteiger charge is 2.32. The van der Waals surface area contributed by atoms with Crippen molar-refractivity contribution in [1.29, 1.82) is 0 Å². The largest absolute Gasteiger partial charge is 0.490 e. The second kappa shape index (κ2) is 13.4. The number of ether oxygens (including phenoxy) is 3. The van der Waals surface area contributed by atoms with Crippen LogP contribution in [-0.2, 0) is 22.6 Å². The molecule has 13 heteroatoms. The van der Waals surface area contributed by atoms with Gasteiger partial charge in [0.2, 0.25) is 5.91 Å². The predicted molar refractivity (Wildman–Crippen MR) is 192 cm³/mol. The maximum atomic E-state index is 16.3. The molecule has 10 nitrogen and oxygen atoms in total. The van der Waals surface area contributed by atoms with Gasteiger partial charge in [0.15, 0.2) is 0 Å². The highest BCUT2D eigenvalue weighted by atomic mass is 32.1. The van der Waals surface area contributed by atoms with Gasteiger partial charge in [-0.15, -0.1) is 11.3 Å². The molecule has 2 aliphatic rings. The molecule has 6 heterocycles. The molecule has 4 aromatic heterocycles. The van der Waals surface area contributed by atoms with Crippen LogP contribution >= 0.6 is 11.3 Å². The van der Waals surface area contributed by atoms with Crippen molar-refractivity contribution in [2.45, 2.75) is 33.0 Å². The van der Waals surface area contributed by atoms with Crippen LogP contribution in [0.4, 0.5) is 8.78 Å². The van der Waals surface area contributed by atoms with Crippen molar-refractivity contribution >= 4 is 38.2 Å². The molecule has 0 N–H and O–H groups in total. The molecule has 0 fully saturated rings. The van der Waals surface area contributed by atoms with Gasteiger partial charge in [0.05, 0.1) is 54.5 Å². The number of carbonyl (C=O) groups excluding carboxylic acids is 1. The first-order chi connectivity index (χ1) is 24.9. The zero-order valence-electron chi connectivity index (χ0n) is 28.1. The molecule has 0 aliphatic carbocycles. The van der Waals surface area contributed by atoms with E-state index in [0.29, 0.717) is 59.3 Å². The molecule has 6 aromatic rings. The molecule has 0 unspecified atom stereocenters. The molecule has 2 bridgehead atoms. The molecular formula is C38H34F2N6O4S. The van der Waals surface area contributed by atoms with E-state index < -0.39 is 11.6 Å². The summed E-state index contributed by atoms with van der Waals surface area (Å²) in [6, 6.07) is 9.56. The maximum absolute atomic E-state index is 16.3. The minimum atomic E-state index is -0.796. The highest BCUT2D eigenvalue weighted by Crippen LogP contribution is 2.49. The van der Waals surface area contributed by atoms with E-state index in [1.54, 1.807) is 4.90 Å². The average molecular weight is 709 g/mol. The minimum Gasteiger partial charge on any atom is -0.490 e. The Kier molecular flexibility index (Phi) is 8.60. The topological polar surface area (TPSA) is 96.5 Å². The number of nitrogens with zero attached hydrogens (tertiary/aromatic N) is 6. The Balaban J connectivity index is 1.44. The molecule has 2 aliphatic heterocycles. The van der Waals surface area contributed by atoms with Crippen LogP contribution in [0, 0.1) is 11.6 Å². The summed E-state index contributed by atoms with van der Waals surface area (Å²) >= 11 is 1.42. The average Bonchev–Trinajstić information content (AvgIpc) is 3.88. The number of carbonyl (C=O) groups is 1. The van der Waals surface area contributed by atoms with Crippen LogP contribution < -0.4 is 9.47 Å². The molecule has 0 spiro atoms. The Morgan fingerprint density at radius 3 is 2.75 bits per heavy atom. The van der Waals surface area contributed by atoms with Crippen LogP contribution in [0.25, 0.3) is 54.8 Å². The number of rotatable bonds is 3. The van der Waals surface area contributed by atoms with E-state index in [2.05, 4.69) is 11.7 Å². The third-order valence-corrected chi connectivity index (χ3v) is 10.3. The standard InChI is InChI=1S/C38H34F2N6O4S/c1-4-33(47)44-9-10-46-29(22(44)3)19-28(43-46)37-35-34-27(40)17-24(39)18-32(34)50-14-13-48-11-6-7-12-49-31-20-30-23(21-41-45(30)5-2)16-26(31)36(42-37)25-8-15-51-38(25)35/h4,6-8,15-22H,1,5,9-14H2,2-3H3/b7-6+/t22-/m0/s1. The van der Waals surface area contributed by atoms with Gasteiger partial charge >= 0.3 is 0 Å². The zero-order valence-corrected chi connectivity index (χ0v) is 28.9. The smallest absolute Gasteiger partial charge is 0.246 e. The highest BCUT2D eigenvalue weighted by molar-refractivity contribution is 7.18. The second-order valence-corrected chi connectivity index (χ2v) is 13.2. The minimum absolute atomic E-state index is 0.0268. The lowest BCUT2D eigenvalue weighted by atomic mass is 9.95. The fourth-order valence-electron chi connectivity index (χ4n) is 6.89. The number of amides is 1. The van der Waals surface area contributed by atoms with Crippen molar-refractivity contribution in [2.24, 2.45) is 0 Å². The van der Waals surface area contributed by atoms with Gasteiger partial charge < -0.3 is 19.1 Å². The maximum Gasteiger partial charge on any atom is 0.246 e. The molecule has 0 saturated heterocycles. The van der Waals surface area contributed by atoms with E-state index in [9.17, 15) is 9.18 Å². The van der Waals surface area contributed by atoms with Crippen molar-refractivity contribution in [3.05, 3.63) is 90.1 Å². The molecule has 0 radical (unpaired) electrons. The van der Waals surface area contributed by atoms with Gasteiger partial charge in [-0.1, -0.05) is 12.7 Å². The van der Waals surface area contributed by atoms with Crippen LogP contribution in [0.15, 0.2) is 72.8 Å². The normalized spacial score (nSPS) is 16.9. The van der Waals surface area contributed by atoms with E-state index in [4.69, 9.17) is 24.3 Å². The van der Waals surface area contributed by atoms with Crippen LogP contribution in [-0.4, -0.2) is 68.3 Å². The van der Waals surface area contributed by atoms with Gasteiger partial charge in [-0.05, 0) is 49.6 Å². The molecule has 1 amide bonds. The predicted octanol–water partition coefficient (Wildman–Crippen LogP) is 7.57. The van der Waals surface area contributed by atoms with Gasteiger partial charge in [-0.2, -0.15) is 10.2 Å². The number of thiophene rings is 1. The Bertz CT molecular complexity index is 2360. The number of benzene rings is 2. The van der Waals surface area contributed by atoms with Crippen molar-refractivity contribution in [1.82, 2.24) is 29.4 Å². The Morgan fingerprint density at radius 2 is 1.90 bits per heavy atom. The van der Waals surface area contributed by atoms with E-state index in [-0.39, 0.29) is 43.1 Å². The lowest BCUT2D eigenvalue weighted by Crippen LogP contribution is -2.40. The first-order valence-electron chi connectivity index (χ1n) is 16.8. The molecule has 1 atom stereocenters. The number of aromatic nitrogens is 5. The molecule has 8 rings (SSSR count). The summed E-state index contributed by atoms with van der Waals surface area (Å²) in [5, 5.41) is 13.1. The van der Waals surface area contributed by atoms with Gasteiger partial charge in [0.25, 0.3) is 0 Å². The Labute approximate surface area is 296 Å². The summed E-state index contributed by atoms with van der Waals surface area (Å²) in [4.78, 5) is 19.8. The number of hydrogen-bond acceptors (Lipinski definition) is 8. The monoisotopic (exact) mass is 708 g/mol.